The first-order chi connectivity index (χ1) is 12.4. The number of likely N-dealkylation sites (N-methyl/N-ethyl adjacent to an activating group) is 1. The van der Waals surface area contributed by atoms with Crippen molar-refractivity contribution in [1.29, 1.82) is 0 Å². The lowest BCUT2D eigenvalue weighted by atomic mass is 9.61. The molecule has 5 nitrogen and oxygen atoms in total. The van der Waals surface area contributed by atoms with Gasteiger partial charge in [0.1, 0.15) is 11.6 Å². The number of aromatic hydroxyl groups is 1. The van der Waals surface area contributed by atoms with Crippen molar-refractivity contribution in [3.63, 3.8) is 0 Å². The number of Topliss-reactive ketones (excluding diaryl/α,β-unsaturated/α-hetero) is 1. The molecule has 5 atom stereocenters. The normalized spacial score (nSPS) is 37.0. The molecule has 0 bridgehead atoms. The van der Waals surface area contributed by atoms with Crippen LogP contribution in [0.4, 0.5) is 0 Å². The van der Waals surface area contributed by atoms with Crippen molar-refractivity contribution in [2.75, 3.05) is 20.1 Å². The number of ether oxygens (including phenoxy) is 1. The van der Waals surface area contributed by atoms with Crippen LogP contribution in [0.15, 0.2) is 12.1 Å². The van der Waals surface area contributed by atoms with Crippen LogP contribution in [0, 0.1) is 5.92 Å². The number of ketones is 1. The van der Waals surface area contributed by atoms with Crippen LogP contribution >= 0.6 is 0 Å². The maximum atomic E-state index is 12.6. The Labute approximate surface area is 154 Å². The molecule has 140 valence electrons. The Hall–Kier alpha value is -1.59. The SMILES string of the molecule is CC[N+](C)(CC1CC1)[C@@H]1Cc2ccc(O)c3c2C2[C@@H](O3)C(=O)CC[C@]21O. The molecule has 3 aliphatic carbocycles. The van der Waals surface area contributed by atoms with Gasteiger partial charge in [0.2, 0.25) is 0 Å². The van der Waals surface area contributed by atoms with Crippen LogP contribution < -0.4 is 4.74 Å². The van der Waals surface area contributed by atoms with Crippen LogP contribution in [-0.4, -0.2) is 58.4 Å². The van der Waals surface area contributed by atoms with E-state index in [-0.39, 0.29) is 23.5 Å². The molecule has 0 saturated heterocycles. The molecular formula is C21H28NO4+. The molecule has 1 aromatic rings. The van der Waals surface area contributed by atoms with Crippen molar-refractivity contribution < 1.29 is 24.2 Å². The summed E-state index contributed by atoms with van der Waals surface area (Å²) in [5, 5.41) is 22.2. The summed E-state index contributed by atoms with van der Waals surface area (Å²) in [6, 6.07) is 3.69. The van der Waals surface area contributed by atoms with Gasteiger partial charge in [-0.25, -0.2) is 0 Å². The number of hydrogen-bond donors (Lipinski definition) is 2. The molecule has 2 saturated carbocycles. The summed E-state index contributed by atoms with van der Waals surface area (Å²) in [6.45, 7) is 4.27. The molecule has 1 aromatic carbocycles. The van der Waals surface area contributed by atoms with Crippen molar-refractivity contribution in [2.24, 2.45) is 5.92 Å². The minimum Gasteiger partial charge on any atom is -0.504 e. The second kappa shape index (κ2) is 5.23. The highest BCUT2D eigenvalue weighted by Crippen LogP contribution is 2.59. The van der Waals surface area contributed by atoms with Gasteiger partial charge in [-0.05, 0) is 37.8 Å². The molecule has 2 unspecified atom stereocenters. The van der Waals surface area contributed by atoms with E-state index < -0.39 is 11.7 Å². The lowest BCUT2D eigenvalue weighted by Crippen LogP contribution is -2.70. The molecule has 0 spiro atoms. The van der Waals surface area contributed by atoms with Crippen LogP contribution in [0.3, 0.4) is 0 Å². The monoisotopic (exact) mass is 358 g/mol. The van der Waals surface area contributed by atoms with E-state index >= 15 is 0 Å². The number of nitrogens with zero attached hydrogens (tertiary/aromatic N) is 1. The highest BCUT2D eigenvalue weighted by atomic mass is 16.5. The van der Waals surface area contributed by atoms with Crippen LogP contribution in [0.2, 0.25) is 0 Å². The van der Waals surface area contributed by atoms with E-state index in [4.69, 9.17) is 4.74 Å². The third-order valence-corrected chi connectivity index (χ3v) is 7.59. The molecule has 0 aromatic heterocycles. The summed E-state index contributed by atoms with van der Waals surface area (Å²) in [6.07, 6.45) is 3.56. The molecule has 2 N–H and O–H groups in total. The van der Waals surface area contributed by atoms with Gasteiger partial charge in [0.15, 0.2) is 23.4 Å². The van der Waals surface area contributed by atoms with Gasteiger partial charge >= 0.3 is 0 Å². The molecule has 0 radical (unpaired) electrons. The van der Waals surface area contributed by atoms with Crippen molar-refractivity contribution in [3.8, 4) is 11.5 Å². The smallest absolute Gasteiger partial charge is 0.174 e. The zero-order chi connectivity index (χ0) is 18.3. The lowest BCUT2D eigenvalue weighted by Gasteiger charge is -2.54. The number of rotatable bonds is 4. The molecule has 0 amide bonds. The molecule has 2 fully saturated rings. The Morgan fingerprint density at radius 2 is 2.12 bits per heavy atom. The number of aliphatic hydroxyl groups is 1. The van der Waals surface area contributed by atoms with Gasteiger partial charge in [0, 0.05) is 24.3 Å². The van der Waals surface area contributed by atoms with Gasteiger partial charge < -0.3 is 19.4 Å². The van der Waals surface area contributed by atoms with E-state index in [1.54, 1.807) is 6.07 Å². The van der Waals surface area contributed by atoms with Gasteiger partial charge in [0.05, 0.1) is 26.1 Å². The number of phenolic OH excluding ortho intramolecular Hbond substituents is 1. The van der Waals surface area contributed by atoms with E-state index in [1.165, 1.54) is 12.8 Å². The van der Waals surface area contributed by atoms with Gasteiger partial charge in [-0.2, -0.15) is 0 Å². The van der Waals surface area contributed by atoms with Crippen molar-refractivity contribution in [2.45, 2.75) is 62.7 Å². The molecular weight excluding hydrogens is 330 g/mol. The Kier molecular flexibility index (Phi) is 3.33. The summed E-state index contributed by atoms with van der Waals surface area (Å²) in [7, 11) is 2.27. The van der Waals surface area contributed by atoms with Gasteiger partial charge in [-0.15, -0.1) is 0 Å². The van der Waals surface area contributed by atoms with E-state index in [2.05, 4.69) is 14.0 Å². The molecule has 1 heterocycles. The summed E-state index contributed by atoms with van der Waals surface area (Å²) < 4.78 is 6.77. The van der Waals surface area contributed by atoms with Crippen LogP contribution in [0.25, 0.3) is 0 Å². The average Bonchev–Trinajstić information content (AvgIpc) is 3.32. The fourth-order valence-corrected chi connectivity index (χ4v) is 5.89. The zero-order valence-electron chi connectivity index (χ0n) is 15.6. The van der Waals surface area contributed by atoms with E-state index in [0.29, 0.717) is 18.6 Å². The largest absolute Gasteiger partial charge is 0.504 e. The lowest BCUT2D eigenvalue weighted by molar-refractivity contribution is -0.941. The van der Waals surface area contributed by atoms with Gasteiger partial charge in [0.25, 0.3) is 0 Å². The quantitative estimate of drug-likeness (QED) is 0.809. The maximum absolute atomic E-state index is 12.6. The fraction of sp³-hybridized carbons (Fsp3) is 0.667. The van der Waals surface area contributed by atoms with Gasteiger partial charge in [-0.3, -0.25) is 4.79 Å². The van der Waals surface area contributed by atoms with E-state index in [9.17, 15) is 15.0 Å². The molecule has 5 rings (SSSR count). The Balaban J connectivity index is 1.66. The van der Waals surface area contributed by atoms with Crippen LogP contribution in [-0.2, 0) is 11.2 Å². The Bertz CT molecular complexity index is 788. The summed E-state index contributed by atoms with van der Waals surface area (Å²) in [4.78, 5) is 12.6. The summed E-state index contributed by atoms with van der Waals surface area (Å²) in [5.74, 6) is 0.980. The molecule has 4 aliphatic rings. The second-order valence-corrected chi connectivity index (χ2v) is 9.10. The third-order valence-electron chi connectivity index (χ3n) is 7.59. The first kappa shape index (κ1) is 16.6. The fourth-order valence-electron chi connectivity index (χ4n) is 5.89. The molecule has 5 heteroatoms. The number of carbonyl (C=O) groups excluding carboxylic acids is 1. The minimum absolute atomic E-state index is 0.0507. The minimum atomic E-state index is -0.954. The third kappa shape index (κ3) is 2.07. The Morgan fingerprint density at radius 1 is 1.35 bits per heavy atom. The zero-order valence-corrected chi connectivity index (χ0v) is 15.6. The van der Waals surface area contributed by atoms with E-state index in [0.717, 1.165) is 41.0 Å². The van der Waals surface area contributed by atoms with Crippen molar-refractivity contribution in [1.82, 2.24) is 0 Å². The standard InChI is InChI=1S/C21H27NO4/c1-3-22(2,11-12-4-5-12)16-10-13-6-7-14(23)19-17(13)18-20(26-19)15(24)8-9-21(16,18)25/h6-7,12,16,18,20,25H,3-5,8-11H2,1-2H3/p+1/t16-,18?,20+,21-,22?/m1/s1. The summed E-state index contributed by atoms with van der Waals surface area (Å²) in [5.41, 5.74) is 1.06. The Morgan fingerprint density at radius 3 is 2.81 bits per heavy atom. The number of quaternary nitrogens is 1. The predicted molar refractivity (Wildman–Crippen MR) is 96.3 cm³/mol. The number of hydrogen-bond acceptors (Lipinski definition) is 4. The number of carbonyl (C=O) groups is 1. The van der Waals surface area contributed by atoms with Crippen molar-refractivity contribution >= 4 is 5.78 Å². The summed E-state index contributed by atoms with van der Waals surface area (Å²) >= 11 is 0. The second-order valence-electron chi connectivity index (χ2n) is 9.10. The topological polar surface area (TPSA) is 66.8 Å². The predicted octanol–water partition coefficient (Wildman–Crippen LogP) is 2.13. The highest BCUT2D eigenvalue weighted by molar-refractivity contribution is 5.88. The first-order valence-electron chi connectivity index (χ1n) is 9.98. The highest BCUT2D eigenvalue weighted by Gasteiger charge is 2.65. The van der Waals surface area contributed by atoms with Crippen LogP contribution in [0.1, 0.15) is 49.7 Å². The van der Waals surface area contributed by atoms with Crippen molar-refractivity contribution in [3.05, 3.63) is 23.3 Å². The molecule has 26 heavy (non-hydrogen) atoms. The van der Waals surface area contributed by atoms with Crippen LogP contribution in [0.5, 0.6) is 11.5 Å². The van der Waals surface area contributed by atoms with Gasteiger partial charge in [-0.1, -0.05) is 6.07 Å². The van der Waals surface area contributed by atoms with E-state index in [1.807, 2.05) is 6.07 Å². The average molecular weight is 358 g/mol. The molecule has 1 aliphatic heterocycles. The number of benzene rings is 1. The maximum Gasteiger partial charge on any atom is 0.174 e. The number of phenols is 1. The first-order valence-corrected chi connectivity index (χ1v) is 9.98.